The van der Waals surface area contributed by atoms with Gasteiger partial charge in [-0.3, -0.25) is 4.79 Å². The molecule has 2 aromatic rings. The number of amides is 1. The van der Waals surface area contributed by atoms with Gasteiger partial charge in [0.1, 0.15) is 11.5 Å². The molecule has 1 aliphatic rings. The van der Waals surface area contributed by atoms with Crippen LogP contribution in [-0.2, 0) is 0 Å². The smallest absolute Gasteiger partial charge is 0.258 e. The fraction of sp³-hybridized carbons (Fsp3) is 0.188. The number of carbonyl (C=O) groups excluding carboxylic acids is 1. The Balaban J connectivity index is 2.05. The molecule has 0 bridgehead atoms. The molecule has 1 N–H and O–H groups in total. The first kappa shape index (κ1) is 12.5. The normalized spacial score (nSPS) is 17.6. The van der Waals surface area contributed by atoms with E-state index in [9.17, 15) is 4.79 Å². The van der Waals surface area contributed by atoms with Crippen molar-refractivity contribution in [3.8, 4) is 0 Å². The summed E-state index contributed by atoms with van der Waals surface area (Å²) in [6, 6.07) is 11.3. The zero-order valence-electron chi connectivity index (χ0n) is 11.3. The third-order valence-electron chi connectivity index (χ3n) is 3.38. The summed E-state index contributed by atoms with van der Waals surface area (Å²) in [5.41, 5.74) is 1.51. The van der Waals surface area contributed by atoms with E-state index in [0.29, 0.717) is 12.1 Å². The average Bonchev–Trinajstić information content (AvgIpc) is 2.88. The molecule has 0 spiro atoms. The molecule has 0 aliphatic carbocycles. The maximum Gasteiger partial charge on any atom is 0.258 e. The maximum absolute atomic E-state index is 12.6. The summed E-state index contributed by atoms with van der Waals surface area (Å²) in [6.07, 6.45) is 1.42. The van der Waals surface area contributed by atoms with Crippen LogP contribution in [0.3, 0.4) is 0 Å². The van der Waals surface area contributed by atoms with E-state index >= 15 is 0 Å². The van der Waals surface area contributed by atoms with E-state index in [2.05, 4.69) is 11.9 Å². The minimum atomic E-state index is -0.302. The molecule has 0 fully saturated rings. The van der Waals surface area contributed by atoms with Gasteiger partial charge in [-0.05, 0) is 31.2 Å². The van der Waals surface area contributed by atoms with E-state index < -0.39 is 0 Å². The van der Waals surface area contributed by atoms with Crippen molar-refractivity contribution in [1.29, 1.82) is 0 Å². The summed E-state index contributed by atoms with van der Waals surface area (Å²) in [6.45, 7) is 6.08. The van der Waals surface area contributed by atoms with Gasteiger partial charge in [-0.2, -0.15) is 0 Å². The van der Waals surface area contributed by atoms with Crippen molar-refractivity contribution in [2.45, 2.75) is 13.1 Å². The molecular weight excluding hydrogens is 252 g/mol. The Kier molecular flexibility index (Phi) is 3.06. The van der Waals surface area contributed by atoms with Gasteiger partial charge >= 0.3 is 0 Å². The number of para-hydroxylation sites is 1. The summed E-state index contributed by atoms with van der Waals surface area (Å²) in [5.74, 6) is 1.54. The monoisotopic (exact) mass is 268 g/mol. The second-order valence-corrected chi connectivity index (χ2v) is 4.79. The summed E-state index contributed by atoms with van der Waals surface area (Å²) >= 11 is 0. The van der Waals surface area contributed by atoms with Crippen LogP contribution in [0.2, 0.25) is 0 Å². The molecule has 1 aromatic carbocycles. The quantitative estimate of drug-likeness (QED) is 0.868. The highest BCUT2D eigenvalue weighted by atomic mass is 16.3. The average molecular weight is 268 g/mol. The van der Waals surface area contributed by atoms with Crippen LogP contribution in [-0.4, -0.2) is 17.4 Å². The van der Waals surface area contributed by atoms with Crippen molar-refractivity contribution in [2.75, 3.05) is 11.9 Å². The van der Waals surface area contributed by atoms with Crippen LogP contribution in [0.4, 0.5) is 5.69 Å². The largest absolute Gasteiger partial charge is 0.462 e. The van der Waals surface area contributed by atoms with E-state index in [1.54, 1.807) is 11.0 Å². The Hall–Kier alpha value is -2.49. The Morgan fingerprint density at radius 2 is 2.15 bits per heavy atom. The van der Waals surface area contributed by atoms with Crippen LogP contribution in [0, 0.1) is 6.92 Å². The van der Waals surface area contributed by atoms with Crippen LogP contribution >= 0.6 is 0 Å². The van der Waals surface area contributed by atoms with E-state index in [0.717, 1.165) is 17.2 Å². The number of fused-ring (bicyclic) bond motifs is 1. The first-order chi connectivity index (χ1) is 9.70. The first-order valence-corrected chi connectivity index (χ1v) is 6.54. The molecule has 4 nitrogen and oxygen atoms in total. The Morgan fingerprint density at radius 1 is 1.35 bits per heavy atom. The van der Waals surface area contributed by atoms with Gasteiger partial charge in [0.25, 0.3) is 5.91 Å². The number of hydrogen-bond acceptors (Lipinski definition) is 3. The Bertz CT molecular complexity index is 660. The minimum Gasteiger partial charge on any atom is -0.462 e. The fourth-order valence-electron chi connectivity index (χ4n) is 2.45. The predicted molar refractivity (Wildman–Crippen MR) is 77.5 cm³/mol. The number of furan rings is 1. The van der Waals surface area contributed by atoms with Crippen LogP contribution in [0.25, 0.3) is 0 Å². The van der Waals surface area contributed by atoms with E-state index in [1.165, 1.54) is 0 Å². The molecule has 1 atom stereocenters. The lowest BCUT2D eigenvalue weighted by Crippen LogP contribution is -2.42. The molecule has 1 aliphatic heterocycles. The van der Waals surface area contributed by atoms with Crippen molar-refractivity contribution in [2.24, 2.45) is 0 Å². The van der Waals surface area contributed by atoms with Gasteiger partial charge in [0.15, 0.2) is 6.17 Å². The topological polar surface area (TPSA) is 45.5 Å². The van der Waals surface area contributed by atoms with E-state index in [4.69, 9.17) is 4.42 Å². The molecule has 102 valence electrons. The van der Waals surface area contributed by atoms with Crippen molar-refractivity contribution in [3.05, 3.63) is 66.1 Å². The molecule has 0 radical (unpaired) electrons. The van der Waals surface area contributed by atoms with Gasteiger partial charge in [0, 0.05) is 12.2 Å². The SMILES string of the molecule is C=CCN1C(=O)c2ccccc2N[C@H]1c1ccc(C)o1. The van der Waals surface area contributed by atoms with Gasteiger partial charge in [-0.25, -0.2) is 0 Å². The van der Waals surface area contributed by atoms with Crippen LogP contribution in [0.5, 0.6) is 0 Å². The molecule has 1 aromatic heterocycles. The molecule has 3 rings (SSSR count). The fourth-order valence-corrected chi connectivity index (χ4v) is 2.45. The summed E-state index contributed by atoms with van der Waals surface area (Å²) in [4.78, 5) is 14.3. The molecule has 4 heteroatoms. The molecular formula is C16H16N2O2. The van der Waals surface area contributed by atoms with Gasteiger partial charge in [0.2, 0.25) is 0 Å². The van der Waals surface area contributed by atoms with Crippen LogP contribution in [0.15, 0.2) is 53.5 Å². The van der Waals surface area contributed by atoms with E-state index in [1.807, 2.05) is 43.3 Å². The van der Waals surface area contributed by atoms with Gasteiger partial charge < -0.3 is 14.6 Å². The molecule has 20 heavy (non-hydrogen) atoms. The maximum atomic E-state index is 12.6. The van der Waals surface area contributed by atoms with Crippen molar-refractivity contribution >= 4 is 11.6 Å². The third-order valence-corrected chi connectivity index (χ3v) is 3.38. The molecule has 0 unspecified atom stereocenters. The number of aryl methyl sites for hydroxylation is 1. The Labute approximate surface area is 117 Å². The molecule has 0 saturated carbocycles. The molecule has 0 saturated heterocycles. The second-order valence-electron chi connectivity index (χ2n) is 4.79. The highest BCUT2D eigenvalue weighted by Gasteiger charge is 2.33. The standard InChI is InChI=1S/C16H16N2O2/c1-3-10-18-15(14-9-8-11(2)20-14)17-13-7-5-4-6-12(13)16(18)19/h3-9,15,17H,1,10H2,2H3/t15-/m1/s1. The minimum absolute atomic E-state index is 0.0155. The first-order valence-electron chi connectivity index (χ1n) is 6.54. The zero-order valence-corrected chi connectivity index (χ0v) is 11.3. The lowest BCUT2D eigenvalue weighted by atomic mass is 10.1. The van der Waals surface area contributed by atoms with Gasteiger partial charge in [-0.1, -0.05) is 18.2 Å². The molecule has 1 amide bonds. The van der Waals surface area contributed by atoms with E-state index in [-0.39, 0.29) is 12.1 Å². The number of nitrogens with one attached hydrogen (secondary N) is 1. The number of nitrogens with zero attached hydrogens (tertiary/aromatic N) is 1. The number of carbonyl (C=O) groups is 1. The third kappa shape index (κ3) is 1.99. The number of rotatable bonds is 3. The highest BCUT2D eigenvalue weighted by molar-refractivity contribution is 6.01. The summed E-state index contributed by atoms with van der Waals surface area (Å²) in [5, 5.41) is 3.36. The molecule has 2 heterocycles. The van der Waals surface area contributed by atoms with Gasteiger partial charge in [-0.15, -0.1) is 6.58 Å². The lowest BCUT2D eigenvalue weighted by molar-refractivity contribution is 0.0688. The number of hydrogen-bond donors (Lipinski definition) is 1. The zero-order chi connectivity index (χ0) is 14.1. The highest BCUT2D eigenvalue weighted by Crippen LogP contribution is 2.33. The summed E-state index contributed by atoms with van der Waals surface area (Å²) < 4.78 is 5.67. The number of benzene rings is 1. The van der Waals surface area contributed by atoms with Crippen molar-refractivity contribution < 1.29 is 9.21 Å². The van der Waals surface area contributed by atoms with Crippen molar-refractivity contribution in [3.63, 3.8) is 0 Å². The summed E-state index contributed by atoms with van der Waals surface area (Å²) in [7, 11) is 0. The lowest BCUT2D eigenvalue weighted by Gasteiger charge is -2.36. The van der Waals surface area contributed by atoms with Crippen LogP contribution in [0.1, 0.15) is 28.0 Å². The van der Waals surface area contributed by atoms with Crippen molar-refractivity contribution in [1.82, 2.24) is 4.90 Å². The van der Waals surface area contributed by atoms with Gasteiger partial charge in [0.05, 0.1) is 5.56 Å². The predicted octanol–water partition coefficient (Wildman–Crippen LogP) is 3.34. The van der Waals surface area contributed by atoms with Crippen LogP contribution < -0.4 is 5.32 Å². The second kappa shape index (κ2) is 4.89. The Morgan fingerprint density at radius 3 is 2.85 bits per heavy atom. The number of anilines is 1.